The van der Waals surface area contributed by atoms with E-state index >= 15 is 4.39 Å². The Morgan fingerprint density at radius 1 is 0.575 bits per heavy atom. The number of hydrogen-bond donors (Lipinski definition) is 0. The third-order valence-corrected chi connectivity index (χ3v) is 11.4. The number of aryl methyl sites for hydroxylation is 1. The van der Waals surface area contributed by atoms with Crippen LogP contribution in [0, 0.1) is 29.4 Å². The van der Waals surface area contributed by atoms with Crippen LogP contribution in [-0.2, 0) is 6.42 Å². The summed E-state index contributed by atoms with van der Waals surface area (Å²) in [6.45, 7) is 4.30. The molecule has 0 amide bonds. The van der Waals surface area contributed by atoms with Crippen molar-refractivity contribution in [3.05, 3.63) is 70.3 Å². The predicted molar refractivity (Wildman–Crippen MR) is 165 cm³/mol. The van der Waals surface area contributed by atoms with Crippen molar-refractivity contribution in [2.24, 2.45) is 17.8 Å². The van der Waals surface area contributed by atoms with Crippen molar-refractivity contribution in [1.82, 2.24) is 0 Å². The van der Waals surface area contributed by atoms with E-state index in [9.17, 15) is 4.39 Å². The van der Waals surface area contributed by atoms with E-state index in [1.54, 1.807) is 6.07 Å². The molecule has 3 fully saturated rings. The first kappa shape index (κ1) is 29.8. The summed E-state index contributed by atoms with van der Waals surface area (Å²) < 4.78 is 29.8. The SMILES string of the molecule is CCCCCCC1CCC(C2CCC(c3ccc(C4CCC(c5ccc(CC)c(F)c5)CC4)c(F)c3)CC2)CC1. The molecule has 3 aliphatic carbocycles. The number of hydrogen-bond acceptors (Lipinski definition) is 0. The van der Waals surface area contributed by atoms with Crippen molar-refractivity contribution in [2.75, 3.05) is 0 Å². The second kappa shape index (κ2) is 14.5. The predicted octanol–water partition coefficient (Wildman–Crippen LogP) is 12.0. The molecular formula is C38H54F2. The zero-order chi connectivity index (χ0) is 27.9. The molecule has 0 saturated heterocycles. The first-order valence-electron chi connectivity index (χ1n) is 17.1. The van der Waals surface area contributed by atoms with Crippen molar-refractivity contribution in [2.45, 2.75) is 147 Å². The molecule has 0 aliphatic heterocycles. The van der Waals surface area contributed by atoms with Crippen molar-refractivity contribution >= 4 is 0 Å². The summed E-state index contributed by atoms with van der Waals surface area (Å²) in [6.07, 6.45) is 22.8. The maximum absolute atomic E-state index is 15.4. The minimum absolute atomic E-state index is 0.0127. The monoisotopic (exact) mass is 548 g/mol. The van der Waals surface area contributed by atoms with E-state index in [0.29, 0.717) is 17.8 Å². The smallest absolute Gasteiger partial charge is 0.126 e. The van der Waals surface area contributed by atoms with E-state index < -0.39 is 0 Å². The van der Waals surface area contributed by atoms with Crippen molar-refractivity contribution < 1.29 is 8.78 Å². The van der Waals surface area contributed by atoms with Crippen LogP contribution in [-0.4, -0.2) is 0 Å². The lowest BCUT2D eigenvalue weighted by atomic mass is 9.68. The van der Waals surface area contributed by atoms with Crippen LogP contribution in [0.4, 0.5) is 8.78 Å². The normalized spacial score (nSPS) is 29.4. The van der Waals surface area contributed by atoms with E-state index in [2.05, 4.69) is 25.1 Å². The maximum atomic E-state index is 15.4. The highest BCUT2D eigenvalue weighted by atomic mass is 19.1. The van der Waals surface area contributed by atoms with Gasteiger partial charge in [-0.2, -0.15) is 0 Å². The molecule has 0 N–H and O–H groups in total. The Bertz CT molecular complexity index is 1050. The van der Waals surface area contributed by atoms with Gasteiger partial charge in [0.05, 0.1) is 0 Å². The van der Waals surface area contributed by atoms with Gasteiger partial charge in [0.2, 0.25) is 0 Å². The zero-order valence-corrected chi connectivity index (χ0v) is 25.4. The molecule has 0 aromatic heterocycles. The van der Waals surface area contributed by atoms with Crippen LogP contribution in [0.15, 0.2) is 36.4 Å². The lowest BCUT2D eigenvalue weighted by Gasteiger charge is -2.38. The fourth-order valence-corrected chi connectivity index (χ4v) is 8.70. The average Bonchev–Trinajstić information content (AvgIpc) is 3.00. The fraction of sp³-hybridized carbons (Fsp3) is 0.684. The zero-order valence-electron chi connectivity index (χ0n) is 25.4. The van der Waals surface area contributed by atoms with Gasteiger partial charge in [0, 0.05) is 0 Å². The molecular weight excluding hydrogens is 494 g/mol. The van der Waals surface area contributed by atoms with E-state index in [0.717, 1.165) is 66.5 Å². The molecule has 5 rings (SSSR count). The van der Waals surface area contributed by atoms with E-state index in [4.69, 9.17) is 0 Å². The Hall–Kier alpha value is -1.70. The lowest BCUT2D eigenvalue weighted by molar-refractivity contribution is 0.155. The molecule has 0 bridgehead atoms. The highest BCUT2D eigenvalue weighted by Crippen LogP contribution is 2.46. The third-order valence-electron chi connectivity index (χ3n) is 11.4. The number of rotatable bonds is 10. The second-order valence-corrected chi connectivity index (χ2v) is 13.8. The van der Waals surface area contributed by atoms with Crippen molar-refractivity contribution in [3.63, 3.8) is 0 Å². The van der Waals surface area contributed by atoms with Gasteiger partial charge in [0.1, 0.15) is 11.6 Å². The summed E-state index contributed by atoms with van der Waals surface area (Å²) in [5.74, 6) is 4.02. The average molecular weight is 549 g/mol. The van der Waals surface area contributed by atoms with Gasteiger partial charge in [0.15, 0.2) is 0 Å². The van der Waals surface area contributed by atoms with Crippen LogP contribution >= 0.6 is 0 Å². The molecule has 40 heavy (non-hydrogen) atoms. The summed E-state index contributed by atoms with van der Waals surface area (Å²) in [4.78, 5) is 0. The third kappa shape index (κ3) is 7.38. The fourth-order valence-electron chi connectivity index (χ4n) is 8.70. The Morgan fingerprint density at radius 2 is 1.12 bits per heavy atom. The van der Waals surface area contributed by atoms with Crippen LogP contribution in [0.2, 0.25) is 0 Å². The first-order valence-corrected chi connectivity index (χ1v) is 17.1. The Balaban J connectivity index is 1.07. The van der Waals surface area contributed by atoms with E-state index in [-0.39, 0.29) is 11.6 Å². The van der Waals surface area contributed by atoms with Gasteiger partial charge in [-0.25, -0.2) is 8.78 Å². The van der Waals surface area contributed by atoms with Crippen LogP contribution in [0.25, 0.3) is 0 Å². The highest BCUT2D eigenvalue weighted by Gasteiger charge is 2.32. The van der Waals surface area contributed by atoms with E-state index in [1.807, 2.05) is 19.1 Å². The summed E-state index contributed by atoms with van der Waals surface area (Å²) in [5, 5.41) is 0. The van der Waals surface area contributed by atoms with Crippen LogP contribution < -0.4 is 0 Å². The summed E-state index contributed by atoms with van der Waals surface area (Å²) in [7, 11) is 0. The maximum Gasteiger partial charge on any atom is 0.126 e. The van der Waals surface area contributed by atoms with Gasteiger partial charge in [-0.05, 0) is 141 Å². The Morgan fingerprint density at radius 3 is 1.70 bits per heavy atom. The van der Waals surface area contributed by atoms with Gasteiger partial charge in [-0.3, -0.25) is 0 Å². The minimum Gasteiger partial charge on any atom is -0.207 e. The molecule has 0 spiro atoms. The standard InChI is InChI=1S/C38H54F2/c1-3-5-6-7-8-27-9-11-29(12-10-27)30-14-16-31(17-15-30)35-23-24-36(38(40)26-35)33-20-18-32(19-21-33)34-22-13-28(4-2)37(39)25-34/h13,22-27,29-33H,3-12,14-21H2,1-2H3. The van der Waals surface area contributed by atoms with Crippen molar-refractivity contribution in [3.8, 4) is 0 Å². The molecule has 0 heterocycles. The summed E-state index contributed by atoms with van der Waals surface area (Å²) in [5.41, 5.74) is 4.06. The number of unbranched alkanes of at least 4 members (excludes halogenated alkanes) is 3. The van der Waals surface area contributed by atoms with Gasteiger partial charge in [0.25, 0.3) is 0 Å². The summed E-state index contributed by atoms with van der Waals surface area (Å²) in [6, 6.07) is 12.0. The quantitative estimate of drug-likeness (QED) is 0.259. The molecule has 0 unspecified atom stereocenters. The molecule has 220 valence electrons. The highest BCUT2D eigenvalue weighted by molar-refractivity contribution is 5.32. The molecule has 0 nitrogen and oxygen atoms in total. The second-order valence-electron chi connectivity index (χ2n) is 13.8. The molecule has 2 aromatic rings. The Labute approximate surface area is 243 Å². The topological polar surface area (TPSA) is 0 Å². The Kier molecular flexibility index (Phi) is 10.8. The van der Waals surface area contributed by atoms with Gasteiger partial charge < -0.3 is 0 Å². The molecule has 3 aliphatic rings. The molecule has 0 atom stereocenters. The molecule has 2 aromatic carbocycles. The van der Waals surface area contributed by atoms with Crippen LogP contribution in [0.3, 0.4) is 0 Å². The van der Waals surface area contributed by atoms with Crippen LogP contribution in [0.1, 0.15) is 163 Å². The molecule has 3 saturated carbocycles. The number of benzene rings is 2. The van der Waals surface area contributed by atoms with Gasteiger partial charge in [-0.15, -0.1) is 0 Å². The first-order chi connectivity index (χ1) is 19.6. The molecule has 0 radical (unpaired) electrons. The van der Waals surface area contributed by atoms with Gasteiger partial charge in [-0.1, -0.05) is 83.1 Å². The molecule has 2 heteroatoms. The van der Waals surface area contributed by atoms with Crippen molar-refractivity contribution in [1.29, 1.82) is 0 Å². The van der Waals surface area contributed by atoms with E-state index in [1.165, 1.54) is 89.0 Å². The van der Waals surface area contributed by atoms with Crippen LogP contribution in [0.5, 0.6) is 0 Å². The lowest BCUT2D eigenvalue weighted by Crippen LogP contribution is -2.25. The largest absolute Gasteiger partial charge is 0.207 e. The summed E-state index contributed by atoms with van der Waals surface area (Å²) >= 11 is 0. The minimum atomic E-state index is -0.0710. The number of halogens is 2. The van der Waals surface area contributed by atoms with Gasteiger partial charge >= 0.3 is 0 Å².